The molecule has 1 aromatic rings. The Labute approximate surface area is 133 Å². The third-order valence-corrected chi connectivity index (χ3v) is 5.32. The van der Waals surface area contributed by atoms with Crippen LogP contribution < -0.4 is 0 Å². The van der Waals surface area contributed by atoms with Crippen LogP contribution >= 0.6 is 0 Å². The molecule has 5 nitrogen and oxygen atoms in total. The highest BCUT2D eigenvalue weighted by Gasteiger charge is 2.33. The zero-order chi connectivity index (χ0) is 15.5. The van der Waals surface area contributed by atoms with Crippen LogP contribution in [0.2, 0.25) is 0 Å². The number of aromatic nitrogens is 2. The fourth-order valence-electron chi connectivity index (χ4n) is 3.99. The number of hydrogen-bond donors (Lipinski definition) is 0. The first-order chi connectivity index (χ1) is 10.6. The van der Waals surface area contributed by atoms with Crippen LogP contribution in [0.15, 0.2) is 12.4 Å². The van der Waals surface area contributed by atoms with Gasteiger partial charge in [-0.1, -0.05) is 6.42 Å². The molecule has 0 radical (unpaired) electrons. The molecule has 2 saturated heterocycles. The van der Waals surface area contributed by atoms with Crippen LogP contribution in [0.4, 0.5) is 0 Å². The Kier molecular flexibility index (Phi) is 4.81. The molecule has 0 aromatic carbocycles. The van der Waals surface area contributed by atoms with Crippen LogP contribution in [0.1, 0.15) is 37.7 Å². The molecule has 2 aliphatic rings. The van der Waals surface area contributed by atoms with Gasteiger partial charge in [-0.05, 0) is 44.7 Å². The van der Waals surface area contributed by atoms with Crippen molar-refractivity contribution in [3.05, 3.63) is 18.0 Å². The second kappa shape index (κ2) is 6.82. The maximum atomic E-state index is 12.5. The zero-order valence-corrected chi connectivity index (χ0v) is 13.9. The summed E-state index contributed by atoms with van der Waals surface area (Å²) in [5, 5.41) is 4.24. The van der Waals surface area contributed by atoms with Crippen LogP contribution in [0, 0.1) is 11.8 Å². The molecule has 0 saturated carbocycles. The van der Waals surface area contributed by atoms with Gasteiger partial charge < -0.3 is 4.90 Å². The molecule has 122 valence electrons. The maximum Gasteiger partial charge on any atom is 0.225 e. The Morgan fingerprint density at radius 3 is 2.59 bits per heavy atom. The van der Waals surface area contributed by atoms with Crippen LogP contribution in [-0.4, -0.2) is 52.2 Å². The minimum Gasteiger partial charge on any atom is -0.346 e. The predicted molar refractivity (Wildman–Crippen MR) is 86.2 cm³/mol. The summed E-state index contributed by atoms with van der Waals surface area (Å²) in [6.45, 7) is 4.13. The molecule has 5 heteroatoms. The summed E-state index contributed by atoms with van der Waals surface area (Å²) in [7, 11) is 3.93. The second-order valence-electron chi connectivity index (χ2n) is 7.00. The van der Waals surface area contributed by atoms with Gasteiger partial charge in [-0.15, -0.1) is 0 Å². The molecule has 0 aliphatic carbocycles. The van der Waals surface area contributed by atoms with Gasteiger partial charge in [-0.25, -0.2) is 0 Å². The lowest BCUT2D eigenvalue weighted by Crippen LogP contribution is -2.41. The van der Waals surface area contributed by atoms with Crippen LogP contribution in [0.5, 0.6) is 0 Å². The smallest absolute Gasteiger partial charge is 0.225 e. The monoisotopic (exact) mass is 304 g/mol. The van der Waals surface area contributed by atoms with Gasteiger partial charge in [0.15, 0.2) is 0 Å². The van der Waals surface area contributed by atoms with E-state index in [2.05, 4.69) is 16.2 Å². The van der Waals surface area contributed by atoms with Gasteiger partial charge in [-0.2, -0.15) is 5.10 Å². The quantitative estimate of drug-likeness (QED) is 0.856. The van der Waals surface area contributed by atoms with Gasteiger partial charge in [0.05, 0.1) is 6.20 Å². The lowest BCUT2D eigenvalue weighted by atomic mass is 9.81. The van der Waals surface area contributed by atoms with Crippen molar-refractivity contribution in [3.8, 4) is 0 Å². The van der Waals surface area contributed by atoms with E-state index in [0.717, 1.165) is 45.4 Å². The predicted octanol–water partition coefficient (Wildman–Crippen LogP) is 1.89. The largest absolute Gasteiger partial charge is 0.346 e. The number of nitrogens with zero attached hydrogens (tertiary/aromatic N) is 4. The summed E-state index contributed by atoms with van der Waals surface area (Å²) in [6.07, 6.45) is 9.83. The number of rotatable bonds is 3. The summed E-state index contributed by atoms with van der Waals surface area (Å²) in [4.78, 5) is 17.0. The van der Waals surface area contributed by atoms with E-state index in [-0.39, 0.29) is 5.92 Å². The third kappa shape index (κ3) is 3.51. The van der Waals surface area contributed by atoms with Gasteiger partial charge in [0.1, 0.15) is 0 Å². The molecular formula is C17H28N4O. The molecule has 1 aromatic heterocycles. The average Bonchev–Trinajstić information content (AvgIpc) is 2.84. The lowest BCUT2D eigenvalue weighted by molar-refractivity contribution is -0.136. The number of carbonyl (C=O) groups excluding carboxylic acids is 1. The van der Waals surface area contributed by atoms with E-state index in [9.17, 15) is 4.79 Å². The van der Waals surface area contributed by atoms with Crippen molar-refractivity contribution >= 4 is 5.91 Å². The minimum atomic E-state index is 0.271. The average molecular weight is 304 g/mol. The number of carbonyl (C=O) groups is 1. The fourth-order valence-corrected chi connectivity index (χ4v) is 3.99. The second-order valence-corrected chi connectivity index (χ2v) is 7.00. The van der Waals surface area contributed by atoms with Gasteiger partial charge >= 0.3 is 0 Å². The summed E-state index contributed by atoms with van der Waals surface area (Å²) < 4.78 is 1.86. The van der Waals surface area contributed by atoms with Crippen molar-refractivity contribution in [2.24, 2.45) is 18.9 Å². The molecule has 2 fully saturated rings. The number of piperidine rings is 1. The van der Waals surface area contributed by atoms with Crippen molar-refractivity contribution in [2.45, 2.75) is 38.6 Å². The van der Waals surface area contributed by atoms with Crippen molar-refractivity contribution in [1.82, 2.24) is 19.6 Å². The molecule has 1 amide bonds. The standard InChI is InChI=1S/C17H28N4O/c1-19-8-4-3-5-16(17(19)22)15-6-9-21(10-7-15)13-14-11-18-20(2)12-14/h11-12,15-16H,3-10,13H2,1-2H3/t16-/m1/s1. The Hall–Kier alpha value is -1.36. The number of likely N-dealkylation sites (tertiary alicyclic amines) is 2. The first-order valence-electron chi connectivity index (χ1n) is 8.58. The molecule has 1 atom stereocenters. The Balaban J connectivity index is 1.53. The van der Waals surface area contributed by atoms with Crippen LogP contribution in [0.25, 0.3) is 0 Å². The van der Waals surface area contributed by atoms with E-state index in [1.165, 1.54) is 18.4 Å². The van der Waals surface area contributed by atoms with Gasteiger partial charge in [0.2, 0.25) is 5.91 Å². The summed E-state index contributed by atoms with van der Waals surface area (Å²) >= 11 is 0. The Bertz CT molecular complexity index is 505. The van der Waals surface area contributed by atoms with E-state index in [4.69, 9.17) is 0 Å². The highest BCUT2D eigenvalue weighted by molar-refractivity contribution is 5.79. The molecule has 0 spiro atoms. The SMILES string of the molecule is CN1CCCC[C@H](C2CCN(Cc3cnn(C)c3)CC2)C1=O. The summed E-state index contributed by atoms with van der Waals surface area (Å²) in [5.41, 5.74) is 1.28. The molecule has 0 bridgehead atoms. The Morgan fingerprint density at radius 2 is 1.91 bits per heavy atom. The number of aryl methyl sites for hydroxylation is 1. The molecule has 3 heterocycles. The van der Waals surface area contributed by atoms with Crippen LogP contribution in [0.3, 0.4) is 0 Å². The molecule has 3 rings (SSSR count). The molecular weight excluding hydrogens is 276 g/mol. The highest BCUT2D eigenvalue weighted by atomic mass is 16.2. The van der Waals surface area contributed by atoms with E-state index in [0.29, 0.717) is 11.8 Å². The summed E-state index contributed by atoms with van der Waals surface area (Å²) in [5.74, 6) is 1.24. The van der Waals surface area contributed by atoms with Crippen molar-refractivity contribution in [2.75, 3.05) is 26.7 Å². The van der Waals surface area contributed by atoms with E-state index >= 15 is 0 Å². The molecule has 22 heavy (non-hydrogen) atoms. The topological polar surface area (TPSA) is 41.4 Å². The summed E-state index contributed by atoms with van der Waals surface area (Å²) in [6, 6.07) is 0. The Morgan fingerprint density at radius 1 is 1.14 bits per heavy atom. The maximum absolute atomic E-state index is 12.5. The zero-order valence-electron chi connectivity index (χ0n) is 13.9. The third-order valence-electron chi connectivity index (χ3n) is 5.32. The van der Waals surface area contributed by atoms with Gasteiger partial charge in [0, 0.05) is 44.9 Å². The first-order valence-corrected chi connectivity index (χ1v) is 8.58. The molecule has 0 N–H and O–H groups in total. The molecule has 0 unspecified atom stereocenters. The van der Waals surface area contributed by atoms with E-state index < -0.39 is 0 Å². The van der Waals surface area contributed by atoms with Crippen molar-refractivity contribution < 1.29 is 4.79 Å². The highest BCUT2D eigenvalue weighted by Crippen LogP contribution is 2.32. The minimum absolute atomic E-state index is 0.271. The molecule has 2 aliphatic heterocycles. The van der Waals surface area contributed by atoms with Crippen molar-refractivity contribution in [3.63, 3.8) is 0 Å². The van der Waals surface area contributed by atoms with Gasteiger partial charge in [-0.3, -0.25) is 14.4 Å². The van der Waals surface area contributed by atoms with Crippen molar-refractivity contribution in [1.29, 1.82) is 0 Å². The van der Waals surface area contributed by atoms with Gasteiger partial charge in [0.25, 0.3) is 0 Å². The first kappa shape index (κ1) is 15.5. The normalized spacial score (nSPS) is 25.5. The number of amides is 1. The fraction of sp³-hybridized carbons (Fsp3) is 0.765. The number of hydrogen-bond acceptors (Lipinski definition) is 3. The lowest BCUT2D eigenvalue weighted by Gasteiger charge is -2.35. The van der Waals surface area contributed by atoms with Crippen LogP contribution in [-0.2, 0) is 18.4 Å². The van der Waals surface area contributed by atoms with E-state index in [1.807, 2.05) is 29.9 Å². The van der Waals surface area contributed by atoms with E-state index in [1.54, 1.807) is 0 Å².